The molecular weight excluding hydrogens is 192 g/mol. The number of thiazole rings is 1. The molecule has 0 amide bonds. The van der Waals surface area contributed by atoms with E-state index in [9.17, 15) is 0 Å². The van der Waals surface area contributed by atoms with Crippen LogP contribution >= 0.6 is 11.3 Å². The van der Waals surface area contributed by atoms with Crippen LogP contribution in [0.5, 0.6) is 0 Å². The highest BCUT2D eigenvalue weighted by Gasteiger charge is 2.23. The van der Waals surface area contributed by atoms with E-state index in [0.29, 0.717) is 0 Å². The van der Waals surface area contributed by atoms with Crippen LogP contribution in [-0.4, -0.2) is 11.5 Å². The van der Waals surface area contributed by atoms with Gasteiger partial charge in [-0.05, 0) is 40.7 Å². The minimum atomic E-state index is 0.0136. The van der Waals surface area contributed by atoms with Gasteiger partial charge in [-0.25, -0.2) is 4.98 Å². The first kappa shape index (κ1) is 11.7. The normalized spacial score (nSPS) is 12.1. The fraction of sp³-hybridized carbons (Fsp3) is 0.727. The molecule has 1 aromatic heterocycles. The maximum absolute atomic E-state index is 4.59. The summed E-state index contributed by atoms with van der Waals surface area (Å²) in [4.78, 5) is 5.92. The zero-order chi connectivity index (χ0) is 10.8. The zero-order valence-electron chi connectivity index (χ0n) is 9.77. The Labute approximate surface area is 90.8 Å². The molecular formula is C11H20N2S. The fourth-order valence-electron chi connectivity index (χ4n) is 1.25. The van der Waals surface area contributed by atoms with E-state index in [1.165, 1.54) is 9.88 Å². The molecule has 0 radical (unpaired) electrons. The van der Waals surface area contributed by atoms with Gasteiger partial charge in [0.05, 0.1) is 11.2 Å². The monoisotopic (exact) mass is 212 g/mol. The maximum atomic E-state index is 4.59. The van der Waals surface area contributed by atoms with E-state index >= 15 is 0 Å². The van der Waals surface area contributed by atoms with Gasteiger partial charge >= 0.3 is 0 Å². The van der Waals surface area contributed by atoms with Crippen LogP contribution in [0.2, 0.25) is 0 Å². The summed E-state index contributed by atoms with van der Waals surface area (Å²) in [6.07, 6.45) is 1.16. The van der Waals surface area contributed by atoms with Crippen molar-refractivity contribution in [1.29, 1.82) is 0 Å². The van der Waals surface area contributed by atoms with Gasteiger partial charge in [0.15, 0.2) is 0 Å². The Bertz CT molecular complexity index is 283. The van der Waals surface area contributed by atoms with Crippen molar-refractivity contribution in [3.05, 3.63) is 15.6 Å². The predicted molar refractivity (Wildman–Crippen MR) is 62.9 cm³/mol. The third kappa shape index (κ3) is 2.55. The first-order valence-electron chi connectivity index (χ1n) is 5.17. The van der Waals surface area contributed by atoms with E-state index in [-0.39, 0.29) is 5.54 Å². The van der Waals surface area contributed by atoms with Crippen molar-refractivity contribution < 1.29 is 0 Å². The smallest absolute Gasteiger partial charge is 0.113 e. The average molecular weight is 212 g/mol. The molecule has 0 fully saturated rings. The molecule has 1 heterocycles. The standard InChI is InChI=1S/C11H20N2S/c1-6-7-12-11(4,5)10-13-8(2)9(3)14-10/h12H,6-7H2,1-5H3. The van der Waals surface area contributed by atoms with Crippen molar-refractivity contribution in [2.75, 3.05) is 6.54 Å². The highest BCUT2D eigenvalue weighted by molar-refractivity contribution is 7.11. The SMILES string of the molecule is CCCNC(C)(C)c1nc(C)c(C)s1. The molecule has 0 saturated carbocycles. The zero-order valence-corrected chi connectivity index (χ0v) is 10.6. The van der Waals surface area contributed by atoms with Gasteiger partial charge < -0.3 is 5.32 Å². The fourth-order valence-corrected chi connectivity index (χ4v) is 2.25. The molecule has 0 aliphatic carbocycles. The van der Waals surface area contributed by atoms with Crippen molar-refractivity contribution >= 4 is 11.3 Å². The third-order valence-electron chi connectivity index (χ3n) is 2.38. The summed E-state index contributed by atoms with van der Waals surface area (Å²) in [5.74, 6) is 0. The molecule has 0 aliphatic heterocycles. The molecule has 1 aromatic rings. The molecule has 3 heteroatoms. The molecule has 80 valence electrons. The number of rotatable bonds is 4. The molecule has 0 aliphatic rings. The van der Waals surface area contributed by atoms with Crippen LogP contribution in [0.15, 0.2) is 0 Å². The van der Waals surface area contributed by atoms with E-state index in [4.69, 9.17) is 0 Å². The second-order valence-corrected chi connectivity index (χ2v) is 5.42. The van der Waals surface area contributed by atoms with Crippen molar-refractivity contribution in [3.63, 3.8) is 0 Å². The van der Waals surface area contributed by atoms with Crippen LogP contribution in [-0.2, 0) is 5.54 Å². The van der Waals surface area contributed by atoms with E-state index in [1.807, 2.05) is 0 Å². The highest BCUT2D eigenvalue weighted by atomic mass is 32.1. The Hall–Kier alpha value is -0.410. The second kappa shape index (κ2) is 4.41. The topological polar surface area (TPSA) is 24.9 Å². The van der Waals surface area contributed by atoms with Crippen molar-refractivity contribution in [3.8, 4) is 0 Å². The minimum Gasteiger partial charge on any atom is -0.306 e. The first-order valence-corrected chi connectivity index (χ1v) is 5.98. The van der Waals surface area contributed by atoms with Gasteiger partial charge in [-0.1, -0.05) is 6.92 Å². The number of nitrogens with zero attached hydrogens (tertiary/aromatic N) is 1. The van der Waals surface area contributed by atoms with Crippen LogP contribution < -0.4 is 5.32 Å². The van der Waals surface area contributed by atoms with Crippen LogP contribution in [0.1, 0.15) is 42.8 Å². The Balaban J connectivity index is 2.80. The largest absolute Gasteiger partial charge is 0.306 e. The number of hydrogen-bond acceptors (Lipinski definition) is 3. The van der Waals surface area contributed by atoms with Crippen LogP contribution in [0.3, 0.4) is 0 Å². The van der Waals surface area contributed by atoms with Gasteiger partial charge in [-0.15, -0.1) is 11.3 Å². The average Bonchev–Trinajstić information content (AvgIpc) is 2.45. The quantitative estimate of drug-likeness (QED) is 0.830. The van der Waals surface area contributed by atoms with Crippen molar-refractivity contribution in [1.82, 2.24) is 10.3 Å². The maximum Gasteiger partial charge on any atom is 0.113 e. The molecule has 2 nitrogen and oxygen atoms in total. The van der Waals surface area contributed by atoms with Crippen LogP contribution in [0.25, 0.3) is 0 Å². The third-order valence-corrected chi connectivity index (χ3v) is 3.78. The molecule has 0 atom stereocenters. The van der Waals surface area contributed by atoms with Gasteiger partial charge in [0.25, 0.3) is 0 Å². The van der Waals surface area contributed by atoms with Crippen molar-refractivity contribution in [2.24, 2.45) is 0 Å². The summed E-state index contributed by atoms with van der Waals surface area (Å²) in [5.41, 5.74) is 1.18. The molecule has 1 N–H and O–H groups in total. The summed E-state index contributed by atoms with van der Waals surface area (Å²) in [6, 6.07) is 0. The lowest BCUT2D eigenvalue weighted by atomic mass is 10.1. The summed E-state index contributed by atoms with van der Waals surface area (Å²) in [5, 5.41) is 4.71. The Morgan fingerprint density at radius 2 is 2.00 bits per heavy atom. The molecule has 14 heavy (non-hydrogen) atoms. The van der Waals surface area contributed by atoms with Gasteiger partial charge in [0.1, 0.15) is 5.01 Å². The lowest BCUT2D eigenvalue weighted by Gasteiger charge is -2.23. The van der Waals surface area contributed by atoms with E-state index < -0.39 is 0 Å². The van der Waals surface area contributed by atoms with Crippen LogP contribution in [0, 0.1) is 13.8 Å². The molecule has 0 aromatic carbocycles. The lowest BCUT2D eigenvalue weighted by molar-refractivity contribution is 0.402. The van der Waals surface area contributed by atoms with Gasteiger partial charge in [0.2, 0.25) is 0 Å². The summed E-state index contributed by atoms with van der Waals surface area (Å²) in [7, 11) is 0. The molecule has 1 rings (SSSR count). The van der Waals surface area contributed by atoms with Crippen LogP contribution in [0.4, 0.5) is 0 Å². The second-order valence-electron chi connectivity index (χ2n) is 4.21. The lowest BCUT2D eigenvalue weighted by Crippen LogP contribution is -2.36. The van der Waals surface area contributed by atoms with E-state index in [2.05, 4.69) is 44.9 Å². The number of nitrogens with one attached hydrogen (secondary N) is 1. The molecule has 0 spiro atoms. The number of aryl methyl sites for hydroxylation is 2. The summed E-state index contributed by atoms with van der Waals surface area (Å²) in [6.45, 7) is 11.8. The number of aromatic nitrogens is 1. The van der Waals surface area contributed by atoms with Gasteiger partial charge in [0, 0.05) is 4.88 Å². The Morgan fingerprint density at radius 3 is 2.43 bits per heavy atom. The summed E-state index contributed by atoms with van der Waals surface area (Å²) < 4.78 is 0. The van der Waals surface area contributed by atoms with Crippen molar-refractivity contribution in [2.45, 2.75) is 46.6 Å². The predicted octanol–water partition coefficient (Wildman–Crippen LogP) is 2.99. The van der Waals surface area contributed by atoms with E-state index in [0.717, 1.165) is 18.7 Å². The first-order chi connectivity index (χ1) is 6.47. The highest BCUT2D eigenvalue weighted by Crippen LogP contribution is 2.26. The minimum absolute atomic E-state index is 0.0136. The summed E-state index contributed by atoms with van der Waals surface area (Å²) >= 11 is 1.80. The molecule has 0 unspecified atom stereocenters. The Kier molecular flexibility index (Phi) is 3.67. The Morgan fingerprint density at radius 1 is 1.36 bits per heavy atom. The molecule has 0 saturated heterocycles. The molecule has 0 bridgehead atoms. The van der Waals surface area contributed by atoms with E-state index in [1.54, 1.807) is 11.3 Å². The van der Waals surface area contributed by atoms with Gasteiger partial charge in [-0.2, -0.15) is 0 Å². The number of hydrogen-bond donors (Lipinski definition) is 1. The van der Waals surface area contributed by atoms with Gasteiger partial charge in [-0.3, -0.25) is 0 Å².